The Balaban J connectivity index is 1.98. The molecule has 3 aromatic rings. The van der Waals surface area contributed by atoms with Crippen molar-refractivity contribution < 1.29 is 22.7 Å². The molecule has 0 aliphatic heterocycles. The summed E-state index contributed by atoms with van der Waals surface area (Å²) in [4.78, 5) is 28.5. The minimum Gasteiger partial charge on any atom is -0.497 e. The smallest absolute Gasteiger partial charge is 0.264 e. The predicted octanol–water partition coefficient (Wildman–Crippen LogP) is 4.79. The fraction of sp³-hybridized carbons (Fsp3) is 0.355. The zero-order chi connectivity index (χ0) is 29.1. The standard InChI is InChI=1S/C31H39N3O5S/c1-5-7-21-32-31(36)24(3)33(22-26-15-19-28(39-4)20-16-26)30(35)23-34(27-17-13-25(6-2)14-18-27)40(37,38)29-11-9-8-10-12-29/h8-20,24H,5-7,21-23H2,1-4H3,(H,32,36)/t24-/m1/s1. The fourth-order valence-electron chi connectivity index (χ4n) is 4.19. The molecule has 0 aliphatic carbocycles. The number of rotatable bonds is 14. The van der Waals surface area contributed by atoms with Crippen LogP contribution in [0.5, 0.6) is 5.75 Å². The van der Waals surface area contributed by atoms with Crippen LogP contribution in [0.2, 0.25) is 0 Å². The first-order chi connectivity index (χ1) is 19.2. The second kappa shape index (κ2) is 14.5. The van der Waals surface area contributed by atoms with Gasteiger partial charge in [-0.15, -0.1) is 0 Å². The molecule has 3 rings (SSSR count). The topological polar surface area (TPSA) is 96.0 Å². The van der Waals surface area contributed by atoms with Gasteiger partial charge in [0.1, 0.15) is 18.3 Å². The maximum absolute atomic E-state index is 13.9. The molecule has 0 radical (unpaired) electrons. The second-order valence-corrected chi connectivity index (χ2v) is 11.4. The Morgan fingerprint density at radius 2 is 1.52 bits per heavy atom. The number of ether oxygens (including phenoxy) is 1. The van der Waals surface area contributed by atoms with Crippen molar-refractivity contribution in [2.75, 3.05) is 24.5 Å². The highest BCUT2D eigenvalue weighted by Crippen LogP contribution is 2.25. The number of unbranched alkanes of at least 4 members (excludes halogenated alkanes) is 1. The Morgan fingerprint density at radius 3 is 2.10 bits per heavy atom. The number of aryl methyl sites for hydroxylation is 1. The molecule has 0 aromatic heterocycles. The minimum atomic E-state index is -4.08. The average Bonchev–Trinajstić information content (AvgIpc) is 2.99. The maximum atomic E-state index is 13.9. The number of hydrogen-bond donors (Lipinski definition) is 1. The van der Waals surface area contributed by atoms with Crippen LogP contribution in [0.4, 0.5) is 5.69 Å². The van der Waals surface area contributed by atoms with Gasteiger partial charge in [0.2, 0.25) is 11.8 Å². The van der Waals surface area contributed by atoms with Crippen LogP contribution in [-0.2, 0) is 32.6 Å². The lowest BCUT2D eigenvalue weighted by Crippen LogP contribution is -2.51. The van der Waals surface area contributed by atoms with Crippen molar-refractivity contribution in [2.45, 2.75) is 57.5 Å². The highest BCUT2D eigenvalue weighted by atomic mass is 32.2. The van der Waals surface area contributed by atoms with E-state index in [2.05, 4.69) is 5.32 Å². The Kier molecular flexibility index (Phi) is 11.1. The van der Waals surface area contributed by atoms with Gasteiger partial charge in [0.15, 0.2) is 0 Å². The molecule has 0 fully saturated rings. The SMILES string of the molecule is CCCCNC(=O)[C@@H](C)N(Cc1ccc(OC)cc1)C(=O)CN(c1ccc(CC)cc1)S(=O)(=O)c1ccccc1. The maximum Gasteiger partial charge on any atom is 0.264 e. The zero-order valence-corrected chi connectivity index (χ0v) is 24.5. The van der Waals surface area contributed by atoms with Gasteiger partial charge in [-0.1, -0.05) is 62.7 Å². The number of methoxy groups -OCH3 is 1. The Labute approximate surface area is 238 Å². The van der Waals surface area contributed by atoms with Gasteiger partial charge in [-0.05, 0) is 67.3 Å². The van der Waals surface area contributed by atoms with Gasteiger partial charge in [-0.3, -0.25) is 13.9 Å². The van der Waals surface area contributed by atoms with Crippen LogP contribution in [0, 0.1) is 0 Å². The van der Waals surface area contributed by atoms with E-state index in [1.165, 1.54) is 17.0 Å². The molecule has 9 heteroatoms. The van der Waals surface area contributed by atoms with E-state index in [9.17, 15) is 18.0 Å². The molecule has 1 N–H and O–H groups in total. The third kappa shape index (κ3) is 7.85. The molecule has 0 heterocycles. The molecule has 214 valence electrons. The van der Waals surface area contributed by atoms with Crippen LogP contribution >= 0.6 is 0 Å². The van der Waals surface area contributed by atoms with Gasteiger partial charge in [-0.25, -0.2) is 8.42 Å². The highest BCUT2D eigenvalue weighted by Gasteiger charge is 2.32. The first-order valence-electron chi connectivity index (χ1n) is 13.6. The fourth-order valence-corrected chi connectivity index (χ4v) is 5.63. The van der Waals surface area contributed by atoms with Crippen molar-refractivity contribution in [3.63, 3.8) is 0 Å². The van der Waals surface area contributed by atoms with Crippen molar-refractivity contribution in [3.05, 3.63) is 90.0 Å². The lowest BCUT2D eigenvalue weighted by Gasteiger charge is -2.32. The van der Waals surface area contributed by atoms with E-state index in [0.29, 0.717) is 18.0 Å². The van der Waals surface area contributed by atoms with Gasteiger partial charge >= 0.3 is 0 Å². The molecule has 0 bridgehead atoms. The summed E-state index contributed by atoms with van der Waals surface area (Å²) in [7, 11) is -2.51. The number of sulfonamides is 1. The number of carbonyl (C=O) groups is 2. The van der Waals surface area contributed by atoms with Gasteiger partial charge < -0.3 is 15.0 Å². The van der Waals surface area contributed by atoms with Crippen LogP contribution < -0.4 is 14.4 Å². The van der Waals surface area contributed by atoms with E-state index in [-0.39, 0.29) is 17.3 Å². The van der Waals surface area contributed by atoms with E-state index < -0.39 is 28.5 Å². The predicted molar refractivity (Wildman–Crippen MR) is 158 cm³/mol. The van der Waals surface area contributed by atoms with Crippen molar-refractivity contribution in [1.82, 2.24) is 10.2 Å². The summed E-state index contributed by atoms with van der Waals surface area (Å²) >= 11 is 0. The Bertz CT molecular complexity index is 1340. The summed E-state index contributed by atoms with van der Waals surface area (Å²) in [5.41, 5.74) is 2.21. The largest absolute Gasteiger partial charge is 0.497 e. The molecule has 0 aliphatic rings. The van der Waals surface area contributed by atoms with E-state index >= 15 is 0 Å². The van der Waals surface area contributed by atoms with Crippen molar-refractivity contribution in [1.29, 1.82) is 0 Å². The number of amides is 2. The summed E-state index contributed by atoms with van der Waals surface area (Å²) in [6.45, 7) is 5.87. The summed E-state index contributed by atoms with van der Waals surface area (Å²) in [5, 5.41) is 2.89. The van der Waals surface area contributed by atoms with Gasteiger partial charge in [0.05, 0.1) is 17.7 Å². The van der Waals surface area contributed by atoms with E-state index in [1.807, 2.05) is 38.1 Å². The van der Waals surface area contributed by atoms with Gasteiger partial charge in [0, 0.05) is 13.1 Å². The van der Waals surface area contributed by atoms with E-state index in [4.69, 9.17) is 4.74 Å². The molecule has 8 nitrogen and oxygen atoms in total. The summed E-state index contributed by atoms with van der Waals surface area (Å²) in [6, 6.07) is 21.6. The van der Waals surface area contributed by atoms with E-state index in [0.717, 1.165) is 34.7 Å². The molecule has 2 amide bonds. The molecule has 0 spiro atoms. The lowest BCUT2D eigenvalue weighted by molar-refractivity contribution is -0.139. The van der Waals surface area contributed by atoms with Crippen LogP contribution in [-0.4, -0.2) is 51.4 Å². The normalized spacial score (nSPS) is 11.9. The third-order valence-electron chi connectivity index (χ3n) is 6.75. The van der Waals surface area contributed by atoms with Crippen LogP contribution in [0.15, 0.2) is 83.8 Å². The number of benzene rings is 3. The van der Waals surface area contributed by atoms with Crippen LogP contribution in [0.25, 0.3) is 0 Å². The molecule has 0 saturated heterocycles. The first-order valence-corrected chi connectivity index (χ1v) is 15.0. The quantitative estimate of drug-likeness (QED) is 0.284. The number of nitrogens with zero attached hydrogens (tertiary/aromatic N) is 2. The van der Waals surface area contributed by atoms with Crippen molar-refractivity contribution in [3.8, 4) is 5.75 Å². The molecule has 1 atom stereocenters. The zero-order valence-electron chi connectivity index (χ0n) is 23.7. The molecule has 40 heavy (non-hydrogen) atoms. The lowest BCUT2D eigenvalue weighted by atomic mass is 10.1. The summed E-state index contributed by atoms with van der Waals surface area (Å²) < 4.78 is 34.0. The van der Waals surface area contributed by atoms with Gasteiger partial charge in [0.25, 0.3) is 10.0 Å². The van der Waals surface area contributed by atoms with E-state index in [1.54, 1.807) is 56.5 Å². The second-order valence-electron chi connectivity index (χ2n) is 9.54. The van der Waals surface area contributed by atoms with Crippen molar-refractivity contribution >= 4 is 27.5 Å². The Morgan fingerprint density at radius 1 is 0.900 bits per heavy atom. The number of anilines is 1. The molecule has 0 unspecified atom stereocenters. The van der Waals surface area contributed by atoms with Crippen molar-refractivity contribution in [2.24, 2.45) is 0 Å². The number of carbonyl (C=O) groups excluding carboxylic acids is 2. The number of nitrogens with one attached hydrogen (secondary N) is 1. The average molecular weight is 566 g/mol. The third-order valence-corrected chi connectivity index (χ3v) is 8.54. The van der Waals surface area contributed by atoms with Crippen LogP contribution in [0.3, 0.4) is 0 Å². The monoisotopic (exact) mass is 565 g/mol. The highest BCUT2D eigenvalue weighted by molar-refractivity contribution is 7.92. The Hall–Kier alpha value is -3.85. The first kappa shape index (κ1) is 30.7. The summed E-state index contributed by atoms with van der Waals surface area (Å²) in [6.07, 6.45) is 2.54. The minimum absolute atomic E-state index is 0.0782. The molecular formula is C31H39N3O5S. The molecule has 3 aromatic carbocycles. The van der Waals surface area contributed by atoms with Crippen LogP contribution in [0.1, 0.15) is 44.7 Å². The molecular weight excluding hydrogens is 526 g/mol. The van der Waals surface area contributed by atoms with Gasteiger partial charge in [-0.2, -0.15) is 0 Å². The number of hydrogen-bond acceptors (Lipinski definition) is 5. The summed E-state index contributed by atoms with van der Waals surface area (Å²) in [5.74, 6) is -0.115. The molecule has 0 saturated carbocycles.